The molecule has 1 aromatic rings. The molecule has 1 radical (unpaired) electrons. The molecular formula is C9H10FO2. The second kappa shape index (κ2) is 4.72. The van der Waals surface area contributed by atoms with E-state index < -0.39 is 0 Å². The van der Waals surface area contributed by atoms with Crippen molar-refractivity contribution in [3.8, 4) is 5.75 Å². The molecule has 0 unspecified atom stereocenters. The van der Waals surface area contributed by atoms with E-state index in [1.165, 1.54) is 18.2 Å². The van der Waals surface area contributed by atoms with Crippen molar-refractivity contribution < 1.29 is 13.9 Å². The molecule has 0 bridgehead atoms. The third kappa shape index (κ3) is 2.88. The van der Waals surface area contributed by atoms with Crippen LogP contribution in [0.5, 0.6) is 5.75 Å². The van der Waals surface area contributed by atoms with Crippen LogP contribution in [0.15, 0.2) is 18.2 Å². The largest absolute Gasteiger partial charge is 0.490 e. The molecule has 0 fully saturated rings. The number of benzene rings is 1. The van der Waals surface area contributed by atoms with Crippen molar-refractivity contribution in [1.82, 2.24) is 0 Å². The molecule has 0 amide bonds. The number of rotatable bonds is 4. The third-order valence-corrected chi connectivity index (χ3v) is 1.28. The van der Waals surface area contributed by atoms with Crippen LogP contribution in [0.4, 0.5) is 4.39 Å². The molecule has 1 aromatic carbocycles. The minimum Gasteiger partial charge on any atom is -0.490 e. The van der Waals surface area contributed by atoms with Gasteiger partial charge in [0.2, 0.25) is 0 Å². The maximum atomic E-state index is 12.5. The van der Waals surface area contributed by atoms with Crippen LogP contribution in [-0.2, 0) is 4.74 Å². The minimum atomic E-state index is -0.318. The van der Waals surface area contributed by atoms with Gasteiger partial charge in [-0.1, -0.05) is 0 Å². The number of halogens is 1. The molecule has 3 heteroatoms. The summed E-state index contributed by atoms with van der Waals surface area (Å²) in [6.45, 7) is 0.904. The molecule has 0 saturated carbocycles. The number of hydrogen-bond acceptors (Lipinski definition) is 2. The van der Waals surface area contributed by atoms with Crippen molar-refractivity contribution in [3.63, 3.8) is 0 Å². The monoisotopic (exact) mass is 169 g/mol. The molecule has 2 nitrogen and oxygen atoms in total. The van der Waals surface area contributed by atoms with Gasteiger partial charge in [0.05, 0.1) is 6.61 Å². The van der Waals surface area contributed by atoms with Crippen molar-refractivity contribution in [1.29, 1.82) is 0 Å². The highest BCUT2D eigenvalue weighted by Crippen LogP contribution is 2.10. The van der Waals surface area contributed by atoms with E-state index in [2.05, 4.69) is 6.07 Å². The van der Waals surface area contributed by atoms with Crippen LogP contribution in [0.1, 0.15) is 0 Å². The van der Waals surface area contributed by atoms with Crippen molar-refractivity contribution in [2.24, 2.45) is 0 Å². The Kier molecular flexibility index (Phi) is 3.54. The van der Waals surface area contributed by atoms with Gasteiger partial charge in [0, 0.05) is 19.2 Å². The highest BCUT2D eigenvalue weighted by molar-refractivity contribution is 5.20. The lowest BCUT2D eigenvalue weighted by Gasteiger charge is -2.03. The van der Waals surface area contributed by atoms with Gasteiger partial charge in [0.1, 0.15) is 18.2 Å². The molecule has 0 aliphatic heterocycles. The maximum Gasteiger partial charge on any atom is 0.130 e. The zero-order chi connectivity index (χ0) is 8.81. The zero-order valence-electron chi connectivity index (χ0n) is 6.84. The second-order valence-electron chi connectivity index (χ2n) is 2.21. The van der Waals surface area contributed by atoms with Gasteiger partial charge in [-0.3, -0.25) is 0 Å². The van der Waals surface area contributed by atoms with Crippen LogP contribution < -0.4 is 4.74 Å². The van der Waals surface area contributed by atoms with Crippen molar-refractivity contribution in [3.05, 3.63) is 30.1 Å². The van der Waals surface area contributed by atoms with E-state index in [9.17, 15) is 4.39 Å². The first-order valence-electron chi connectivity index (χ1n) is 3.62. The topological polar surface area (TPSA) is 18.5 Å². The van der Waals surface area contributed by atoms with Gasteiger partial charge in [-0.05, 0) is 12.1 Å². The third-order valence-electron chi connectivity index (χ3n) is 1.28. The van der Waals surface area contributed by atoms with Gasteiger partial charge < -0.3 is 9.47 Å². The van der Waals surface area contributed by atoms with E-state index in [0.29, 0.717) is 19.0 Å². The number of hydrogen-bond donors (Lipinski definition) is 0. The summed E-state index contributed by atoms with van der Waals surface area (Å²) in [5.74, 6) is 0.0909. The van der Waals surface area contributed by atoms with E-state index >= 15 is 0 Å². The van der Waals surface area contributed by atoms with Crippen LogP contribution in [-0.4, -0.2) is 20.3 Å². The molecule has 65 valence electrons. The Morgan fingerprint density at radius 3 is 3.00 bits per heavy atom. The van der Waals surface area contributed by atoms with Gasteiger partial charge in [0.15, 0.2) is 0 Å². The fourth-order valence-corrected chi connectivity index (χ4v) is 0.737. The Bertz CT molecular complexity index is 238. The maximum absolute atomic E-state index is 12.5. The van der Waals surface area contributed by atoms with Gasteiger partial charge in [0.25, 0.3) is 0 Å². The van der Waals surface area contributed by atoms with Crippen molar-refractivity contribution in [2.45, 2.75) is 0 Å². The smallest absolute Gasteiger partial charge is 0.130 e. The van der Waals surface area contributed by atoms with Crippen molar-refractivity contribution in [2.75, 3.05) is 20.3 Å². The van der Waals surface area contributed by atoms with E-state index in [4.69, 9.17) is 9.47 Å². The fourth-order valence-electron chi connectivity index (χ4n) is 0.737. The Morgan fingerprint density at radius 2 is 2.33 bits per heavy atom. The average Bonchev–Trinajstić information content (AvgIpc) is 2.05. The first kappa shape index (κ1) is 9.00. The first-order valence-corrected chi connectivity index (χ1v) is 3.62. The fraction of sp³-hybridized carbons (Fsp3) is 0.333. The molecule has 0 aliphatic carbocycles. The quantitative estimate of drug-likeness (QED) is 0.638. The van der Waals surface area contributed by atoms with Gasteiger partial charge >= 0.3 is 0 Å². The lowest BCUT2D eigenvalue weighted by atomic mass is 10.3. The van der Waals surface area contributed by atoms with Crippen LogP contribution >= 0.6 is 0 Å². The molecular weight excluding hydrogens is 159 g/mol. The van der Waals surface area contributed by atoms with E-state index in [1.54, 1.807) is 7.11 Å². The SMILES string of the molecule is COCCOc1[c]ccc(F)c1. The minimum absolute atomic E-state index is 0.318. The highest BCUT2D eigenvalue weighted by Gasteiger charge is 1.94. The predicted octanol–water partition coefficient (Wildman–Crippen LogP) is 1.65. The summed E-state index contributed by atoms with van der Waals surface area (Å²) in [7, 11) is 1.58. The summed E-state index contributed by atoms with van der Waals surface area (Å²) in [6.07, 6.45) is 0. The number of methoxy groups -OCH3 is 1. The van der Waals surface area contributed by atoms with E-state index in [0.717, 1.165) is 0 Å². The molecule has 12 heavy (non-hydrogen) atoms. The summed E-state index contributed by atoms with van der Waals surface area (Å²) in [4.78, 5) is 0. The van der Waals surface area contributed by atoms with Crippen LogP contribution in [0.3, 0.4) is 0 Å². The first-order chi connectivity index (χ1) is 5.83. The Balaban J connectivity index is 2.41. The zero-order valence-corrected chi connectivity index (χ0v) is 6.84. The molecule has 0 aliphatic rings. The molecule has 0 aromatic heterocycles. The van der Waals surface area contributed by atoms with Crippen LogP contribution in [0.2, 0.25) is 0 Å². The summed E-state index contributed by atoms with van der Waals surface area (Å²) in [5, 5.41) is 0. The van der Waals surface area contributed by atoms with Gasteiger partial charge in [-0.15, -0.1) is 0 Å². The lowest BCUT2D eigenvalue weighted by molar-refractivity contribution is 0.146. The average molecular weight is 169 g/mol. The van der Waals surface area contributed by atoms with Gasteiger partial charge in [-0.2, -0.15) is 0 Å². The Morgan fingerprint density at radius 1 is 1.50 bits per heavy atom. The predicted molar refractivity (Wildman–Crippen MR) is 42.6 cm³/mol. The molecule has 0 spiro atoms. The standard InChI is InChI=1S/C9H10FO2/c1-11-5-6-12-9-4-2-3-8(10)7-9/h2-3,7H,5-6H2,1H3. The summed E-state index contributed by atoms with van der Waals surface area (Å²) < 4.78 is 22.4. The van der Waals surface area contributed by atoms with Crippen molar-refractivity contribution >= 4 is 0 Å². The number of ether oxygens (including phenoxy) is 2. The summed E-state index contributed by atoms with van der Waals surface area (Å²) in [5.41, 5.74) is 0. The lowest BCUT2D eigenvalue weighted by Crippen LogP contribution is -2.04. The van der Waals surface area contributed by atoms with E-state index in [-0.39, 0.29) is 5.82 Å². The van der Waals surface area contributed by atoms with Crippen LogP contribution in [0, 0.1) is 11.9 Å². The molecule has 0 atom stereocenters. The Labute approximate surface area is 70.9 Å². The molecule has 0 heterocycles. The molecule has 0 saturated heterocycles. The van der Waals surface area contributed by atoms with Crippen LogP contribution in [0.25, 0.3) is 0 Å². The molecule has 0 N–H and O–H groups in total. The summed E-state index contributed by atoms with van der Waals surface area (Å²) in [6, 6.07) is 6.84. The molecule has 1 rings (SSSR count). The normalized spacial score (nSPS) is 9.83. The Hall–Kier alpha value is -1.09. The highest BCUT2D eigenvalue weighted by atomic mass is 19.1. The van der Waals surface area contributed by atoms with Gasteiger partial charge in [-0.25, -0.2) is 4.39 Å². The van der Waals surface area contributed by atoms with E-state index in [1.807, 2.05) is 0 Å². The second-order valence-corrected chi connectivity index (χ2v) is 2.21. The summed E-state index contributed by atoms with van der Waals surface area (Å²) >= 11 is 0.